The average molecular weight is 292 g/mol. The van der Waals surface area contributed by atoms with E-state index in [9.17, 15) is 0 Å². The zero-order valence-corrected chi connectivity index (χ0v) is 13.3. The van der Waals surface area contributed by atoms with Gasteiger partial charge in [-0.25, -0.2) is 4.98 Å². The van der Waals surface area contributed by atoms with Crippen molar-refractivity contribution in [2.24, 2.45) is 11.7 Å². The van der Waals surface area contributed by atoms with E-state index >= 15 is 0 Å². The van der Waals surface area contributed by atoms with Crippen molar-refractivity contribution in [2.45, 2.75) is 52.0 Å². The van der Waals surface area contributed by atoms with E-state index in [0.29, 0.717) is 24.4 Å². The van der Waals surface area contributed by atoms with Crippen molar-refractivity contribution in [2.75, 3.05) is 24.6 Å². The van der Waals surface area contributed by atoms with Gasteiger partial charge in [-0.3, -0.25) is 0 Å². The first-order chi connectivity index (χ1) is 10.3. The molecule has 0 radical (unpaired) electrons. The molecule has 2 atom stereocenters. The Balaban J connectivity index is 2.15. The zero-order chi connectivity index (χ0) is 15.1. The summed E-state index contributed by atoms with van der Waals surface area (Å²) in [5.74, 6) is 1.99. The number of nitrogens with two attached hydrogens (primary N) is 1. The van der Waals surface area contributed by atoms with Crippen LogP contribution in [-0.4, -0.2) is 35.7 Å². The summed E-state index contributed by atoms with van der Waals surface area (Å²) >= 11 is 0. The van der Waals surface area contributed by atoms with Crippen LogP contribution in [0.3, 0.4) is 0 Å². The lowest BCUT2D eigenvalue weighted by atomic mass is 9.83. The molecule has 5 nitrogen and oxygen atoms in total. The van der Waals surface area contributed by atoms with Crippen LogP contribution in [0.25, 0.3) is 0 Å². The molecule has 1 aliphatic rings. The predicted molar refractivity (Wildman–Crippen MR) is 85.6 cm³/mol. The largest absolute Gasteiger partial charge is 0.478 e. The fraction of sp³-hybridized carbons (Fsp3) is 0.750. The maximum absolute atomic E-state index is 5.97. The lowest BCUT2D eigenvalue weighted by molar-refractivity contribution is 0.292. The quantitative estimate of drug-likeness (QED) is 0.837. The summed E-state index contributed by atoms with van der Waals surface area (Å²) in [6.07, 6.45) is 7.72. The maximum atomic E-state index is 5.97. The van der Waals surface area contributed by atoms with Crippen molar-refractivity contribution in [3.63, 3.8) is 0 Å². The topological polar surface area (TPSA) is 64.3 Å². The van der Waals surface area contributed by atoms with E-state index < -0.39 is 0 Å². The van der Waals surface area contributed by atoms with Crippen molar-refractivity contribution in [1.29, 1.82) is 0 Å². The Morgan fingerprint density at radius 3 is 2.86 bits per heavy atom. The molecule has 0 aliphatic heterocycles. The smallest absolute Gasteiger partial charge is 0.228 e. The van der Waals surface area contributed by atoms with Crippen LogP contribution in [0.1, 0.15) is 46.0 Å². The van der Waals surface area contributed by atoms with Crippen LogP contribution < -0.4 is 15.4 Å². The molecule has 0 spiro atoms. The lowest BCUT2D eigenvalue weighted by Gasteiger charge is -2.39. The van der Waals surface area contributed by atoms with E-state index in [-0.39, 0.29) is 0 Å². The fourth-order valence-corrected chi connectivity index (χ4v) is 3.16. The monoisotopic (exact) mass is 292 g/mol. The van der Waals surface area contributed by atoms with E-state index in [1.165, 1.54) is 25.7 Å². The van der Waals surface area contributed by atoms with Crippen molar-refractivity contribution in [3.05, 3.63) is 12.3 Å². The molecule has 1 aromatic heterocycles. The normalized spacial score (nSPS) is 22.0. The summed E-state index contributed by atoms with van der Waals surface area (Å²) < 4.78 is 5.63. The molecule has 118 valence electrons. The SMILES string of the molecule is CCCOc1ccnc(N(CC)C2CCCCC2CN)n1. The molecule has 2 N–H and O–H groups in total. The molecule has 21 heavy (non-hydrogen) atoms. The summed E-state index contributed by atoms with van der Waals surface area (Å²) in [4.78, 5) is 11.3. The summed E-state index contributed by atoms with van der Waals surface area (Å²) in [5, 5.41) is 0. The molecule has 0 saturated heterocycles. The number of nitrogens with zero attached hydrogens (tertiary/aromatic N) is 3. The van der Waals surface area contributed by atoms with Crippen LogP contribution in [-0.2, 0) is 0 Å². The number of ether oxygens (including phenoxy) is 1. The Bertz CT molecular complexity index is 426. The van der Waals surface area contributed by atoms with Crippen LogP contribution in [0.2, 0.25) is 0 Å². The Morgan fingerprint density at radius 1 is 1.33 bits per heavy atom. The molecule has 1 saturated carbocycles. The van der Waals surface area contributed by atoms with E-state index in [4.69, 9.17) is 10.5 Å². The van der Waals surface area contributed by atoms with Crippen molar-refractivity contribution in [1.82, 2.24) is 9.97 Å². The standard InChI is InChI=1S/C16H28N4O/c1-3-11-21-15-9-10-18-16(19-15)20(4-2)14-8-6-5-7-13(14)12-17/h9-10,13-14H,3-8,11-12,17H2,1-2H3. The Kier molecular flexibility index (Phi) is 6.23. The molecule has 1 fully saturated rings. The fourth-order valence-electron chi connectivity index (χ4n) is 3.16. The van der Waals surface area contributed by atoms with Gasteiger partial charge in [0.1, 0.15) is 0 Å². The number of rotatable bonds is 7. The van der Waals surface area contributed by atoms with Gasteiger partial charge in [-0.1, -0.05) is 19.8 Å². The van der Waals surface area contributed by atoms with E-state index in [1.807, 2.05) is 6.07 Å². The van der Waals surface area contributed by atoms with Crippen molar-refractivity contribution >= 4 is 5.95 Å². The highest BCUT2D eigenvalue weighted by molar-refractivity contribution is 5.34. The number of aromatic nitrogens is 2. The molecule has 0 amide bonds. The second kappa shape index (κ2) is 8.17. The molecule has 1 aromatic rings. The van der Waals surface area contributed by atoms with E-state index in [0.717, 1.165) is 25.5 Å². The summed E-state index contributed by atoms with van der Waals surface area (Å²) in [6, 6.07) is 2.28. The van der Waals surface area contributed by atoms with Crippen LogP contribution in [0.5, 0.6) is 5.88 Å². The summed E-state index contributed by atoms with van der Waals surface area (Å²) in [5.41, 5.74) is 5.97. The van der Waals surface area contributed by atoms with Crippen molar-refractivity contribution in [3.8, 4) is 5.88 Å². The highest BCUT2D eigenvalue weighted by Crippen LogP contribution is 2.30. The lowest BCUT2D eigenvalue weighted by Crippen LogP contribution is -2.46. The second-order valence-corrected chi connectivity index (χ2v) is 5.68. The Labute approximate surface area is 127 Å². The predicted octanol–water partition coefficient (Wildman–Crippen LogP) is 2.61. The highest BCUT2D eigenvalue weighted by atomic mass is 16.5. The van der Waals surface area contributed by atoms with Gasteiger partial charge in [0.05, 0.1) is 6.61 Å². The molecule has 1 heterocycles. The van der Waals surface area contributed by atoms with Gasteiger partial charge in [0, 0.05) is 24.8 Å². The minimum Gasteiger partial charge on any atom is -0.478 e. The van der Waals surface area contributed by atoms with Gasteiger partial charge in [-0.15, -0.1) is 0 Å². The van der Waals surface area contributed by atoms with Crippen LogP contribution >= 0.6 is 0 Å². The summed E-state index contributed by atoms with van der Waals surface area (Å²) in [7, 11) is 0. The molecular formula is C16H28N4O. The van der Waals surface area contributed by atoms with Gasteiger partial charge in [0.2, 0.25) is 11.8 Å². The third-order valence-corrected chi connectivity index (χ3v) is 4.24. The minimum absolute atomic E-state index is 0.454. The first-order valence-electron chi connectivity index (χ1n) is 8.22. The van der Waals surface area contributed by atoms with Crippen LogP contribution in [0.15, 0.2) is 12.3 Å². The van der Waals surface area contributed by atoms with Crippen LogP contribution in [0.4, 0.5) is 5.95 Å². The van der Waals surface area contributed by atoms with Crippen LogP contribution in [0, 0.1) is 5.92 Å². The van der Waals surface area contributed by atoms with Crippen molar-refractivity contribution < 1.29 is 4.74 Å². The van der Waals surface area contributed by atoms with Gasteiger partial charge in [0.25, 0.3) is 0 Å². The summed E-state index contributed by atoms with van der Waals surface area (Å²) in [6.45, 7) is 6.59. The number of anilines is 1. The van der Waals surface area contributed by atoms with E-state index in [2.05, 4.69) is 28.7 Å². The van der Waals surface area contributed by atoms with Gasteiger partial charge in [-0.05, 0) is 38.6 Å². The molecule has 1 aliphatic carbocycles. The molecule has 2 unspecified atom stereocenters. The van der Waals surface area contributed by atoms with Gasteiger partial charge in [-0.2, -0.15) is 4.98 Å². The molecule has 5 heteroatoms. The van der Waals surface area contributed by atoms with Gasteiger partial charge in [0.15, 0.2) is 0 Å². The molecular weight excluding hydrogens is 264 g/mol. The average Bonchev–Trinajstić information content (AvgIpc) is 2.54. The Hall–Kier alpha value is -1.36. The van der Waals surface area contributed by atoms with E-state index in [1.54, 1.807) is 6.20 Å². The molecule has 2 rings (SSSR count). The molecule has 0 bridgehead atoms. The maximum Gasteiger partial charge on any atom is 0.228 e. The zero-order valence-electron chi connectivity index (χ0n) is 13.3. The third kappa shape index (κ3) is 4.06. The highest BCUT2D eigenvalue weighted by Gasteiger charge is 2.30. The second-order valence-electron chi connectivity index (χ2n) is 5.68. The number of hydrogen-bond donors (Lipinski definition) is 1. The van der Waals surface area contributed by atoms with Gasteiger partial charge < -0.3 is 15.4 Å². The minimum atomic E-state index is 0.454. The molecule has 0 aromatic carbocycles. The number of hydrogen-bond acceptors (Lipinski definition) is 5. The first kappa shape index (κ1) is 16.0. The van der Waals surface area contributed by atoms with Gasteiger partial charge >= 0.3 is 0 Å². The Morgan fingerprint density at radius 2 is 2.14 bits per heavy atom. The third-order valence-electron chi connectivity index (χ3n) is 4.24. The first-order valence-corrected chi connectivity index (χ1v) is 8.22.